The summed E-state index contributed by atoms with van der Waals surface area (Å²) >= 11 is 0. The van der Waals surface area contributed by atoms with Crippen molar-refractivity contribution in [3.63, 3.8) is 0 Å². The second-order valence-corrected chi connectivity index (χ2v) is 6.36. The zero-order chi connectivity index (χ0) is 20.5. The zero-order valence-electron chi connectivity index (χ0n) is 15.9. The molecule has 0 aliphatic carbocycles. The summed E-state index contributed by atoms with van der Waals surface area (Å²) in [6, 6.07) is 42.8. The van der Waals surface area contributed by atoms with Crippen LogP contribution >= 0.6 is 0 Å². The summed E-state index contributed by atoms with van der Waals surface area (Å²) in [5, 5.41) is 21.5. The van der Waals surface area contributed by atoms with Crippen molar-refractivity contribution in [1.82, 2.24) is 4.48 Å². The van der Waals surface area contributed by atoms with Crippen molar-refractivity contribution < 1.29 is 15.1 Å². The van der Waals surface area contributed by atoms with Gasteiger partial charge in [0, 0.05) is 48.5 Å². The maximum Gasteiger partial charge on any atom is 0.631 e. The minimum Gasteiger partial charge on any atom is -0.402 e. The highest BCUT2D eigenvalue weighted by Crippen LogP contribution is 2.50. The molecule has 0 saturated carbocycles. The lowest BCUT2D eigenvalue weighted by atomic mass is 10.1. The summed E-state index contributed by atoms with van der Waals surface area (Å²) in [4.78, 5) is 0. The van der Waals surface area contributed by atoms with Gasteiger partial charge in [0.1, 0.15) is 22.7 Å². The van der Waals surface area contributed by atoms with E-state index >= 15 is 0 Å². The molecule has 4 aromatic rings. The number of nitrogens with zero attached hydrogens (tertiary/aromatic N) is 1. The Morgan fingerprint density at radius 1 is 0.379 bits per heavy atom. The van der Waals surface area contributed by atoms with Crippen molar-refractivity contribution in [3.05, 3.63) is 121 Å². The fraction of sp³-hybridized carbons (Fsp3) is 0. The Kier molecular flexibility index (Phi) is 6.95. The number of benzene rings is 4. The third-order valence-electron chi connectivity index (χ3n) is 4.57. The highest BCUT2D eigenvalue weighted by molar-refractivity contribution is 6.30. The van der Waals surface area contributed by atoms with Crippen molar-refractivity contribution in [2.75, 3.05) is 0 Å². The molecule has 0 atom stereocenters. The molecule has 144 valence electrons. The Morgan fingerprint density at radius 3 is 0.724 bits per heavy atom. The highest BCUT2D eigenvalue weighted by Gasteiger charge is 2.38. The predicted octanol–water partition coefficient (Wildman–Crippen LogP) is 4.94. The first-order valence-electron chi connectivity index (χ1n) is 9.31. The number of rotatable bonds is 4. The molecule has 4 aromatic carbocycles. The number of quaternary nitrogens is 1. The van der Waals surface area contributed by atoms with Crippen LogP contribution in [0.4, 0.5) is 22.7 Å². The average Bonchev–Trinajstić information content (AvgIpc) is 2.77. The van der Waals surface area contributed by atoms with Crippen LogP contribution in [0.5, 0.6) is 0 Å². The lowest BCUT2D eigenvalue weighted by molar-refractivity contribution is 0.278. The van der Waals surface area contributed by atoms with E-state index in [0.717, 1.165) is 0 Å². The van der Waals surface area contributed by atoms with Crippen LogP contribution in [0.2, 0.25) is 0 Å². The van der Waals surface area contributed by atoms with Crippen molar-refractivity contribution in [3.8, 4) is 0 Å². The molecule has 0 fully saturated rings. The molecule has 0 radical (unpaired) electrons. The Hall–Kier alpha value is -3.22. The van der Waals surface area contributed by atoms with Gasteiger partial charge in [-0.1, -0.05) is 72.8 Å². The van der Waals surface area contributed by atoms with Gasteiger partial charge in [-0.25, -0.2) is 0 Å². The zero-order valence-corrected chi connectivity index (χ0v) is 15.9. The molecule has 0 amide bonds. The van der Waals surface area contributed by atoms with Crippen LogP contribution in [-0.4, -0.2) is 22.4 Å². The fourth-order valence-corrected chi connectivity index (χ4v) is 3.50. The van der Waals surface area contributed by atoms with Gasteiger partial charge in [0.2, 0.25) is 0 Å². The highest BCUT2D eigenvalue weighted by atomic mass is 16.5. The van der Waals surface area contributed by atoms with E-state index in [1.807, 2.05) is 0 Å². The smallest absolute Gasteiger partial charge is 0.402 e. The number of hydrogen-bond donors (Lipinski definition) is 3. The molecule has 5 heteroatoms. The molecular weight excluding hydrogens is 361 g/mol. The second-order valence-electron chi connectivity index (χ2n) is 6.36. The fourth-order valence-electron chi connectivity index (χ4n) is 3.50. The Morgan fingerprint density at radius 2 is 0.552 bits per heavy atom. The van der Waals surface area contributed by atoms with Gasteiger partial charge in [-0.2, -0.15) is 4.48 Å². The van der Waals surface area contributed by atoms with E-state index < -0.39 is 7.32 Å². The molecule has 0 aliphatic heterocycles. The van der Waals surface area contributed by atoms with Crippen molar-refractivity contribution >= 4 is 30.1 Å². The lowest BCUT2D eigenvalue weighted by Gasteiger charge is -2.37. The van der Waals surface area contributed by atoms with E-state index in [1.165, 1.54) is 22.7 Å². The topological polar surface area (TPSA) is 60.7 Å². The van der Waals surface area contributed by atoms with Crippen LogP contribution in [-0.2, 0) is 0 Å². The second kappa shape index (κ2) is 9.82. The normalized spacial score (nSPS) is 10.6. The van der Waals surface area contributed by atoms with Crippen LogP contribution in [0.15, 0.2) is 121 Å². The first kappa shape index (κ1) is 20.5. The quantitative estimate of drug-likeness (QED) is 0.345. The van der Waals surface area contributed by atoms with Crippen molar-refractivity contribution in [2.24, 2.45) is 0 Å². The van der Waals surface area contributed by atoms with Crippen molar-refractivity contribution in [2.45, 2.75) is 0 Å². The summed E-state index contributed by atoms with van der Waals surface area (Å²) < 4.78 is 0.559. The molecule has 29 heavy (non-hydrogen) atoms. The van der Waals surface area contributed by atoms with Gasteiger partial charge in [0.05, 0.1) is 0 Å². The average molecular weight is 384 g/mol. The molecule has 0 heterocycles. The first-order valence-corrected chi connectivity index (χ1v) is 9.31. The van der Waals surface area contributed by atoms with Crippen LogP contribution in [0, 0.1) is 0 Å². The molecule has 4 nitrogen and oxygen atoms in total. The van der Waals surface area contributed by atoms with Crippen LogP contribution in [0.1, 0.15) is 0 Å². The standard InChI is InChI=1S/C24H20N.BH3O3/c1-5-13-21(14-6-1)25(22-15-7-2-8-16-22,23-17-9-3-10-18-23)24-19-11-4-12-20-24;2-1(3)4/h1-20H;2-4H/q+1;. The van der Waals surface area contributed by atoms with E-state index in [0.29, 0.717) is 4.48 Å². The van der Waals surface area contributed by atoms with Crippen molar-refractivity contribution in [1.29, 1.82) is 0 Å². The summed E-state index contributed by atoms with van der Waals surface area (Å²) in [5.41, 5.74) is 4.86. The predicted molar refractivity (Wildman–Crippen MR) is 119 cm³/mol. The molecule has 0 saturated heterocycles. The summed E-state index contributed by atoms with van der Waals surface area (Å²) in [6.07, 6.45) is 0. The largest absolute Gasteiger partial charge is 0.631 e. The summed E-state index contributed by atoms with van der Waals surface area (Å²) in [6.45, 7) is 0. The van der Waals surface area contributed by atoms with Gasteiger partial charge in [-0.15, -0.1) is 0 Å². The maximum absolute atomic E-state index is 7.17. The van der Waals surface area contributed by atoms with E-state index in [-0.39, 0.29) is 0 Å². The van der Waals surface area contributed by atoms with E-state index in [4.69, 9.17) is 15.1 Å². The summed E-state index contributed by atoms with van der Waals surface area (Å²) in [7, 11) is -2.17. The van der Waals surface area contributed by atoms with E-state index in [9.17, 15) is 0 Å². The molecular formula is C24H23BNO3+. The third kappa shape index (κ3) is 4.62. The maximum atomic E-state index is 7.17. The van der Waals surface area contributed by atoms with Gasteiger partial charge in [0.15, 0.2) is 0 Å². The first-order chi connectivity index (χ1) is 14.2. The minimum atomic E-state index is -2.17. The summed E-state index contributed by atoms with van der Waals surface area (Å²) in [5.74, 6) is 0. The van der Waals surface area contributed by atoms with Gasteiger partial charge >= 0.3 is 7.32 Å². The molecule has 3 N–H and O–H groups in total. The molecule has 0 aromatic heterocycles. The number of hydrogen-bond acceptors (Lipinski definition) is 3. The Labute approximate surface area is 171 Å². The van der Waals surface area contributed by atoms with Gasteiger partial charge in [-0.3, -0.25) is 0 Å². The molecule has 4 rings (SSSR count). The molecule has 0 aliphatic rings. The SMILES string of the molecule is OB(O)O.c1ccc([N+](c2ccccc2)(c2ccccc2)c2ccccc2)cc1. The van der Waals surface area contributed by atoms with E-state index in [1.54, 1.807) is 0 Å². The van der Waals surface area contributed by atoms with Crippen LogP contribution < -0.4 is 4.48 Å². The third-order valence-corrected chi connectivity index (χ3v) is 4.57. The lowest BCUT2D eigenvalue weighted by Crippen LogP contribution is -2.33. The van der Waals surface area contributed by atoms with Gasteiger partial charge in [-0.05, 0) is 0 Å². The van der Waals surface area contributed by atoms with Gasteiger partial charge in [0.25, 0.3) is 0 Å². The van der Waals surface area contributed by atoms with Crippen LogP contribution in [0.3, 0.4) is 0 Å². The Bertz CT molecular complexity index is 815. The van der Waals surface area contributed by atoms with Crippen LogP contribution in [0.25, 0.3) is 0 Å². The molecule has 0 bridgehead atoms. The number of para-hydroxylation sites is 4. The molecule has 0 spiro atoms. The monoisotopic (exact) mass is 384 g/mol. The minimum absolute atomic E-state index is 0.559. The Balaban J connectivity index is 0.000000552. The molecule has 0 unspecified atom stereocenters. The van der Waals surface area contributed by atoms with E-state index in [2.05, 4.69) is 121 Å². The van der Waals surface area contributed by atoms with Gasteiger partial charge < -0.3 is 15.1 Å².